The van der Waals surface area contributed by atoms with Crippen LogP contribution < -0.4 is 32.3 Å². The molecule has 8 fully saturated rings. The standard InChI is InChI=1S/C21H28N5OP.C12H14ClN4OP.C10H17N/c1-28(2,27)18-5-3-17(4-6-18)24-19-22-13-23-20(25-19)26-21-10-14-7-15(11-21)9-16(8-14)12-21;1-8-14-11(13)17-12(15-8)16-9-4-6-10(7-5-9)19(2,3)18;11-10-4-7-1-8(5-10)3-9(2-7)6-10/h3-6,13-16H,7-12H2,1-2H3,(H2,22,23,24,25,26);4-7H,1-3H3,(H,14,15,16,17);7-9H,1-6,11H2. The molecule has 0 amide bonds. The molecule has 0 saturated heterocycles. The minimum absolute atomic E-state index is 0.151. The Morgan fingerprint density at radius 3 is 1.41 bits per heavy atom. The predicted octanol–water partition coefficient (Wildman–Crippen LogP) is 8.98. The Kier molecular flexibility index (Phi) is 11.5. The third-order valence-electron chi connectivity index (χ3n) is 13.3. The van der Waals surface area contributed by atoms with Crippen molar-refractivity contribution in [1.29, 1.82) is 0 Å². The number of nitrogens with zero attached hydrogens (tertiary/aromatic N) is 6. The minimum Gasteiger partial charge on any atom is -0.349 e. The third kappa shape index (κ3) is 10.1. The number of aromatic nitrogens is 6. The van der Waals surface area contributed by atoms with Crippen molar-refractivity contribution in [3.05, 3.63) is 66.0 Å². The number of aryl methyl sites for hydroxylation is 1. The van der Waals surface area contributed by atoms with E-state index in [-0.39, 0.29) is 10.8 Å². The molecule has 58 heavy (non-hydrogen) atoms. The number of halogens is 1. The summed E-state index contributed by atoms with van der Waals surface area (Å²) in [5.74, 6) is 7.84. The lowest BCUT2D eigenvalue weighted by Gasteiger charge is -2.56. The van der Waals surface area contributed by atoms with E-state index < -0.39 is 14.3 Å². The average Bonchev–Trinajstić information content (AvgIpc) is 3.10. The molecule has 12 nitrogen and oxygen atoms in total. The molecular weight excluding hydrogens is 786 g/mol. The van der Waals surface area contributed by atoms with Crippen LogP contribution in [0.5, 0.6) is 0 Å². The zero-order valence-corrected chi connectivity index (χ0v) is 37.0. The smallest absolute Gasteiger partial charge is 0.231 e. The zero-order chi connectivity index (χ0) is 40.9. The van der Waals surface area contributed by atoms with Gasteiger partial charge in [0.05, 0.1) is 0 Å². The van der Waals surface area contributed by atoms with Gasteiger partial charge in [0.25, 0.3) is 0 Å². The summed E-state index contributed by atoms with van der Waals surface area (Å²) >= 11 is 5.76. The lowest BCUT2D eigenvalue weighted by Crippen LogP contribution is -2.55. The minimum atomic E-state index is -2.24. The molecule has 4 aromatic rings. The molecule has 0 aliphatic heterocycles. The summed E-state index contributed by atoms with van der Waals surface area (Å²) in [6, 6.07) is 15.0. The van der Waals surface area contributed by atoms with E-state index in [1.54, 1.807) is 39.9 Å². The van der Waals surface area contributed by atoms with Gasteiger partial charge in [-0.15, -0.1) is 0 Å². The van der Waals surface area contributed by atoms with E-state index >= 15 is 0 Å². The maximum atomic E-state index is 12.2. The van der Waals surface area contributed by atoms with Gasteiger partial charge in [0.15, 0.2) is 0 Å². The van der Waals surface area contributed by atoms with Crippen LogP contribution in [0.25, 0.3) is 0 Å². The van der Waals surface area contributed by atoms with Gasteiger partial charge in [0.1, 0.15) is 26.4 Å². The van der Waals surface area contributed by atoms with Crippen LogP contribution in [0.3, 0.4) is 0 Å². The molecule has 8 bridgehead atoms. The van der Waals surface area contributed by atoms with Crippen molar-refractivity contribution < 1.29 is 9.13 Å². The second-order valence-electron chi connectivity index (χ2n) is 19.3. The van der Waals surface area contributed by atoms with Crippen LogP contribution in [0.4, 0.5) is 29.2 Å². The van der Waals surface area contributed by atoms with Crippen molar-refractivity contribution in [2.75, 3.05) is 42.6 Å². The van der Waals surface area contributed by atoms with Crippen LogP contribution in [-0.4, -0.2) is 67.6 Å². The van der Waals surface area contributed by atoms with E-state index in [1.807, 2.05) is 48.5 Å². The average molecular weight is 845 g/mol. The van der Waals surface area contributed by atoms with Gasteiger partial charge < -0.3 is 30.8 Å². The molecule has 2 aromatic heterocycles. The van der Waals surface area contributed by atoms with Crippen molar-refractivity contribution in [1.82, 2.24) is 29.9 Å². The van der Waals surface area contributed by atoms with E-state index in [9.17, 15) is 9.13 Å². The third-order valence-corrected chi connectivity index (χ3v) is 16.5. The monoisotopic (exact) mass is 844 g/mol. The highest BCUT2D eigenvalue weighted by Crippen LogP contribution is 2.57. The van der Waals surface area contributed by atoms with E-state index in [0.29, 0.717) is 29.2 Å². The highest BCUT2D eigenvalue weighted by Gasteiger charge is 2.51. The second-order valence-corrected chi connectivity index (χ2v) is 26.0. The SMILES string of the molecule is CP(C)(=O)c1ccc(Nc2ncnc(NC34CC5CC(CC(C5)C3)C4)n2)cc1.Cc1nc(Cl)nc(Nc2ccc(P(C)(C)=O)cc2)n1.NC12CC3CC(CC(C3)C1)C2. The molecule has 8 saturated carbocycles. The maximum Gasteiger partial charge on any atom is 0.231 e. The summed E-state index contributed by atoms with van der Waals surface area (Å²) in [6.45, 7) is 8.79. The fraction of sp³-hybridized carbons (Fsp3) is 0.581. The Hall–Kier alpha value is -3.43. The van der Waals surface area contributed by atoms with E-state index in [1.165, 1.54) is 77.0 Å². The number of nitrogens with one attached hydrogen (secondary N) is 3. The quantitative estimate of drug-likeness (QED) is 0.124. The Balaban J connectivity index is 0.000000134. The first kappa shape index (κ1) is 41.3. The fourth-order valence-corrected chi connectivity index (χ4v) is 13.6. The van der Waals surface area contributed by atoms with Crippen molar-refractivity contribution in [2.24, 2.45) is 41.2 Å². The molecule has 0 spiro atoms. The molecular formula is C43H59ClN10O2P2. The van der Waals surface area contributed by atoms with Crippen LogP contribution in [0.1, 0.15) is 82.9 Å². The van der Waals surface area contributed by atoms with Crippen LogP contribution in [0, 0.1) is 42.4 Å². The zero-order valence-electron chi connectivity index (χ0n) is 34.5. The van der Waals surface area contributed by atoms with Crippen LogP contribution >= 0.6 is 25.9 Å². The molecule has 0 radical (unpaired) electrons. The first-order chi connectivity index (χ1) is 27.4. The summed E-state index contributed by atoms with van der Waals surface area (Å²) in [5, 5.41) is 11.8. The summed E-state index contributed by atoms with van der Waals surface area (Å²) in [6.07, 6.45) is 18.2. The van der Waals surface area contributed by atoms with Crippen molar-refractivity contribution in [3.63, 3.8) is 0 Å². The van der Waals surface area contributed by atoms with Crippen LogP contribution in [0.15, 0.2) is 54.9 Å². The Morgan fingerprint density at radius 2 is 1.00 bits per heavy atom. The summed E-state index contributed by atoms with van der Waals surface area (Å²) in [5.41, 5.74) is 8.48. The Labute approximate surface area is 348 Å². The van der Waals surface area contributed by atoms with Crippen molar-refractivity contribution in [2.45, 2.75) is 95.1 Å². The second kappa shape index (κ2) is 16.2. The molecule has 12 rings (SSSR count). The highest BCUT2D eigenvalue weighted by molar-refractivity contribution is 7.70. The van der Waals surface area contributed by atoms with Crippen LogP contribution in [0.2, 0.25) is 5.28 Å². The van der Waals surface area contributed by atoms with Gasteiger partial charge in [-0.2, -0.15) is 15.0 Å². The molecule has 8 aliphatic carbocycles. The van der Waals surface area contributed by atoms with E-state index in [0.717, 1.165) is 57.5 Å². The number of hydrogen-bond donors (Lipinski definition) is 4. The molecule has 5 N–H and O–H groups in total. The number of anilines is 5. The van der Waals surface area contributed by atoms with Crippen LogP contribution in [-0.2, 0) is 9.13 Å². The van der Waals surface area contributed by atoms with Crippen molar-refractivity contribution in [3.8, 4) is 0 Å². The molecule has 310 valence electrons. The van der Waals surface area contributed by atoms with E-state index in [2.05, 4.69) is 45.9 Å². The van der Waals surface area contributed by atoms with Gasteiger partial charge in [0.2, 0.25) is 23.1 Å². The summed E-state index contributed by atoms with van der Waals surface area (Å²) in [4.78, 5) is 25.3. The number of rotatable bonds is 8. The Bertz CT molecular complexity index is 2100. The Morgan fingerprint density at radius 1 is 0.586 bits per heavy atom. The molecule has 15 heteroatoms. The number of benzene rings is 2. The van der Waals surface area contributed by atoms with Gasteiger partial charge >= 0.3 is 0 Å². The summed E-state index contributed by atoms with van der Waals surface area (Å²) < 4.78 is 24.1. The van der Waals surface area contributed by atoms with E-state index in [4.69, 9.17) is 17.3 Å². The summed E-state index contributed by atoms with van der Waals surface area (Å²) in [7, 11) is -4.47. The highest BCUT2D eigenvalue weighted by atomic mass is 35.5. The normalized spacial score (nSPS) is 30.1. The fourth-order valence-electron chi connectivity index (χ4n) is 11.7. The maximum absolute atomic E-state index is 12.2. The molecule has 0 unspecified atom stereocenters. The lowest BCUT2D eigenvalue weighted by molar-refractivity contribution is 0.000360. The van der Waals surface area contributed by atoms with Gasteiger partial charge in [0, 0.05) is 33.1 Å². The van der Waals surface area contributed by atoms with Gasteiger partial charge in [-0.25, -0.2) is 15.0 Å². The largest absolute Gasteiger partial charge is 0.349 e. The first-order valence-electron chi connectivity index (χ1n) is 20.9. The molecule has 8 aliphatic rings. The topological polar surface area (TPSA) is 174 Å². The predicted molar refractivity (Wildman–Crippen MR) is 237 cm³/mol. The van der Waals surface area contributed by atoms with Gasteiger partial charge in [-0.3, -0.25) is 0 Å². The molecule has 2 heterocycles. The lowest BCUT2D eigenvalue weighted by atomic mass is 9.53. The molecule has 0 atom stereocenters. The first-order valence-corrected chi connectivity index (χ1v) is 26.5. The van der Waals surface area contributed by atoms with Gasteiger partial charge in [-0.05, 0) is 206 Å². The van der Waals surface area contributed by atoms with Gasteiger partial charge in [-0.1, -0.05) is 0 Å². The number of nitrogens with two attached hydrogens (primary N) is 1. The molecule has 2 aromatic carbocycles. The van der Waals surface area contributed by atoms with Crippen molar-refractivity contribution >= 4 is 65.7 Å². The number of hydrogen-bond acceptors (Lipinski definition) is 12.